The van der Waals surface area contributed by atoms with Crippen LogP contribution in [0.5, 0.6) is 0 Å². The third kappa shape index (κ3) is 3.18. The van der Waals surface area contributed by atoms with E-state index in [1.54, 1.807) is 0 Å². The predicted molar refractivity (Wildman–Crippen MR) is 68.4 cm³/mol. The molecule has 1 aliphatic rings. The summed E-state index contributed by atoms with van der Waals surface area (Å²) in [5.41, 5.74) is -1.04. The fourth-order valence-corrected chi connectivity index (χ4v) is 2.38. The molecule has 1 fully saturated rings. The van der Waals surface area contributed by atoms with Crippen molar-refractivity contribution in [1.29, 1.82) is 0 Å². The molecule has 5 heteroatoms. The molecule has 1 saturated heterocycles. The van der Waals surface area contributed by atoms with Crippen LogP contribution in [0, 0.1) is 5.82 Å². The van der Waals surface area contributed by atoms with E-state index >= 15 is 0 Å². The molecule has 1 aliphatic heterocycles. The van der Waals surface area contributed by atoms with Crippen molar-refractivity contribution in [2.75, 3.05) is 26.2 Å². The number of halogens is 1. The summed E-state index contributed by atoms with van der Waals surface area (Å²) < 4.78 is 12.8. The molecular formula is C14H18FNO3. The minimum absolute atomic E-state index is 0.0737. The van der Waals surface area contributed by atoms with Crippen molar-refractivity contribution in [3.8, 4) is 0 Å². The van der Waals surface area contributed by atoms with Crippen molar-refractivity contribution in [3.05, 3.63) is 35.6 Å². The van der Waals surface area contributed by atoms with Gasteiger partial charge in [-0.25, -0.2) is 4.39 Å². The number of aliphatic hydroxyl groups is 2. The monoisotopic (exact) mass is 267 g/mol. The van der Waals surface area contributed by atoms with E-state index in [9.17, 15) is 14.3 Å². The molecule has 0 amide bonds. The molecule has 2 rings (SSSR count). The van der Waals surface area contributed by atoms with Gasteiger partial charge >= 0.3 is 0 Å². The summed E-state index contributed by atoms with van der Waals surface area (Å²) in [6, 6.07) is 5.24. The van der Waals surface area contributed by atoms with Gasteiger partial charge in [-0.2, -0.15) is 0 Å². The van der Waals surface area contributed by atoms with Crippen LogP contribution in [0.15, 0.2) is 24.3 Å². The Bertz CT molecular complexity index is 439. The van der Waals surface area contributed by atoms with Gasteiger partial charge in [0.1, 0.15) is 11.4 Å². The zero-order valence-corrected chi connectivity index (χ0v) is 10.7. The Morgan fingerprint density at radius 2 is 1.84 bits per heavy atom. The molecule has 0 radical (unpaired) electrons. The SMILES string of the molecule is O=C(c1ccc(F)cc1)C1(O)CCN(CCO)CC1. The quantitative estimate of drug-likeness (QED) is 0.793. The number of nitrogens with zero attached hydrogens (tertiary/aromatic N) is 1. The van der Waals surface area contributed by atoms with Gasteiger partial charge in [-0.15, -0.1) is 0 Å². The summed E-state index contributed by atoms with van der Waals surface area (Å²) in [6.45, 7) is 1.78. The molecule has 0 aromatic heterocycles. The number of Topliss-reactive ketones (excluding diaryl/α,β-unsaturated/α-hetero) is 1. The van der Waals surface area contributed by atoms with Gasteiger partial charge < -0.3 is 15.1 Å². The highest BCUT2D eigenvalue weighted by Gasteiger charge is 2.39. The molecule has 0 saturated carbocycles. The van der Waals surface area contributed by atoms with E-state index in [0.29, 0.717) is 38.0 Å². The van der Waals surface area contributed by atoms with Crippen LogP contribution in [0.1, 0.15) is 23.2 Å². The Morgan fingerprint density at radius 1 is 1.26 bits per heavy atom. The summed E-state index contributed by atoms with van der Waals surface area (Å²) in [5, 5.41) is 19.3. The second kappa shape index (κ2) is 5.77. The van der Waals surface area contributed by atoms with Gasteiger partial charge in [0, 0.05) is 25.2 Å². The molecule has 0 aliphatic carbocycles. The largest absolute Gasteiger partial charge is 0.395 e. The number of carbonyl (C=O) groups excluding carboxylic acids is 1. The van der Waals surface area contributed by atoms with Crippen molar-refractivity contribution in [2.45, 2.75) is 18.4 Å². The predicted octanol–water partition coefficient (Wildman–Crippen LogP) is 0.828. The second-order valence-corrected chi connectivity index (χ2v) is 4.93. The van der Waals surface area contributed by atoms with Gasteiger partial charge in [-0.3, -0.25) is 4.79 Å². The average molecular weight is 267 g/mol. The highest BCUT2D eigenvalue weighted by atomic mass is 19.1. The molecule has 1 heterocycles. The van der Waals surface area contributed by atoms with Gasteiger partial charge in [0.25, 0.3) is 0 Å². The number of piperidine rings is 1. The van der Waals surface area contributed by atoms with E-state index in [1.807, 2.05) is 4.90 Å². The van der Waals surface area contributed by atoms with Gasteiger partial charge in [-0.1, -0.05) is 0 Å². The zero-order valence-electron chi connectivity index (χ0n) is 10.7. The molecule has 1 aromatic carbocycles. The molecule has 0 spiro atoms. The number of hydrogen-bond donors (Lipinski definition) is 2. The number of ketones is 1. The highest BCUT2D eigenvalue weighted by molar-refractivity contribution is 6.02. The molecule has 0 atom stereocenters. The van der Waals surface area contributed by atoms with Crippen LogP contribution in [-0.2, 0) is 0 Å². The molecule has 104 valence electrons. The van der Waals surface area contributed by atoms with Gasteiger partial charge in [0.15, 0.2) is 5.78 Å². The zero-order chi connectivity index (χ0) is 13.9. The summed E-state index contributed by atoms with van der Waals surface area (Å²) in [4.78, 5) is 14.3. The van der Waals surface area contributed by atoms with Crippen LogP contribution >= 0.6 is 0 Å². The Balaban J connectivity index is 2.05. The Labute approximate surface area is 111 Å². The van der Waals surface area contributed by atoms with Crippen molar-refractivity contribution >= 4 is 5.78 Å². The maximum absolute atomic E-state index is 12.8. The summed E-state index contributed by atoms with van der Waals surface area (Å²) in [7, 11) is 0. The van der Waals surface area contributed by atoms with Crippen LogP contribution < -0.4 is 0 Å². The molecule has 19 heavy (non-hydrogen) atoms. The first-order chi connectivity index (χ1) is 9.05. The minimum atomic E-state index is -1.37. The first-order valence-electron chi connectivity index (χ1n) is 6.41. The number of likely N-dealkylation sites (tertiary alicyclic amines) is 1. The Kier molecular flexibility index (Phi) is 4.29. The topological polar surface area (TPSA) is 60.8 Å². The van der Waals surface area contributed by atoms with Crippen molar-refractivity contribution in [2.24, 2.45) is 0 Å². The average Bonchev–Trinajstić information content (AvgIpc) is 2.42. The second-order valence-electron chi connectivity index (χ2n) is 4.93. The van der Waals surface area contributed by atoms with Crippen LogP contribution in [0.25, 0.3) is 0 Å². The Morgan fingerprint density at radius 3 is 2.37 bits per heavy atom. The van der Waals surface area contributed by atoms with E-state index < -0.39 is 11.4 Å². The normalized spacial score (nSPS) is 19.3. The number of benzene rings is 1. The summed E-state index contributed by atoms with van der Waals surface area (Å²) in [5.74, 6) is -0.752. The molecule has 2 N–H and O–H groups in total. The lowest BCUT2D eigenvalue weighted by atomic mass is 9.84. The van der Waals surface area contributed by atoms with Gasteiger partial charge in [0.05, 0.1) is 6.61 Å². The Hall–Kier alpha value is -1.30. The van der Waals surface area contributed by atoms with Crippen molar-refractivity contribution < 1.29 is 19.4 Å². The maximum Gasteiger partial charge on any atom is 0.194 e. The molecule has 0 bridgehead atoms. The van der Waals surface area contributed by atoms with Crippen molar-refractivity contribution in [1.82, 2.24) is 4.90 Å². The van der Waals surface area contributed by atoms with E-state index in [0.717, 1.165) is 0 Å². The first-order valence-corrected chi connectivity index (χ1v) is 6.41. The van der Waals surface area contributed by atoms with Gasteiger partial charge in [0.2, 0.25) is 0 Å². The third-order valence-corrected chi connectivity index (χ3v) is 3.63. The molecule has 4 nitrogen and oxygen atoms in total. The number of carbonyl (C=O) groups is 1. The van der Waals surface area contributed by atoms with E-state index in [1.165, 1.54) is 24.3 Å². The van der Waals surface area contributed by atoms with E-state index in [-0.39, 0.29) is 12.4 Å². The number of β-amino-alcohol motifs (C(OH)–C–C–N with tert-alkyl or cyclic N) is 1. The summed E-state index contributed by atoms with van der Waals surface area (Å²) >= 11 is 0. The van der Waals surface area contributed by atoms with Crippen LogP contribution in [0.2, 0.25) is 0 Å². The van der Waals surface area contributed by atoms with E-state index in [4.69, 9.17) is 5.11 Å². The number of rotatable bonds is 4. The van der Waals surface area contributed by atoms with Crippen LogP contribution in [-0.4, -0.2) is 52.7 Å². The fraction of sp³-hybridized carbons (Fsp3) is 0.500. The molecular weight excluding hydrogens is 249 g/mol. The third-order valence-electron chi connectivity index (χ3n) is 3.63. The standard InChI is InChI=1S/C14H18FNO3/c15-12-3-1-11(2-4-12)13(18)14(19)5-7-16(8-6-14)9-10-17/h1-4,17,19H,5-10H2. The lowest BCUT2D eigenvalue weighted by Crippen LogP contribution is -2.49. The minimum Gasteiger partial charge on any atom is -0.395 e. The van der Waals surface area contributed by atoms with Crippen LogP contribution in [0.3, 0.4) is 0 Å². The fourth-order valence-electron chi connectivity index (χ4n) is 2.38. The smallest absolute Gasteiger partial charge is 0.194 e. The van der Waals surface area contributed by atoms with Gasteiger partial charge in [-0.05, 0) is 37.1 Å². The molecule has 0 unspecified atom stereocenters. The summed E-state index contributed by atoms with van der Waals surface area (Å²) in [6.07, 6.45) is 0.673. The first kappa shape index (κ1) is 14.1. The highest BCUT2D eigenvalue weighted by Crippen LogP contribution is 2.26. The van der Waals surface area contributed by atoms with E-state index in [2.05, 4.69) is 0 Å². The maximum atomic E-state index is 12.8. The van der Waals surface area contributed by atoms with Crippen LogP contribution in [0.4, 0.5) is 4.39 Å². The molecule has 1 aromatic rings. The van der Waals surface area contributed by atoms with Crippen molar-refractivity contribution in [3.63, 3.8) is 0 Å². The lowest BCUT2D eigenvalue weighted by Gasteiger charge is -2.36. The number of hydrogen-bond acceptors (Lipinski definition) is 4. The lowest BCUT2D eigenvalue weighted by molar-refractivity contribution is -0.00858. The number of aliphatic hydroxyl groups excluding tert-OH is 1.